The largest absolute Gasteiger partial charge is 0.369 e. The van der Waals surface area contributed by atoms with Gasteiger partial charge in [0.05, 0.1) is 5.92 Å². The van der Waals surface area contributed by atoms with Crippen LogP contribution in [0, 0.1) is 19.8 Å². The summed E-state index contributed by atoms with van der Waals surface area (Å²) in [4.78, 5) is 24.8. The van der Waals surface area contributed by atoms with E-state index in [1.807, 2.05) is 26.0 Å². The minimum Gasteiger partial charge on any atom is -0.369 e. The Morgan fingerprint density at radius 3 is 2.61 bits per heavy atom. The molecule has 0 aliphatic carbocycles. The van der Waals surface area contributed by atoms with Gasteiger partial charge in [0.25, 0.3) is 0 Å². The molecule has 1 heterocycles. The summed E-state index contributed by atoms with van der Waals surface area (Å²) in [5.74, 6) is -0.818. The highest BCUT2D eigenvalue weighted by molar-refractivity contribution is 9.10. The molecule has 2 rings (SSSR count). The Morgan fingerprint density at radius 1 is 1.39 bits per heavy atom. The SMILES string of the molecule is Cc1c(Br)ccc(N2CC(C(N)=O)CC2=O)c1C. The van der Waals surface area contributed by atoms with Crippen LogP contribution in [-0.4, -0.2) is 18.4 Å². The summed E-state index contributed by atoms with van der Waals surface area (Å²) < 4.78 is 1.02. The molecule has 0 spiro atoms. The van der Waals surface area contributed by atoms with Gasteiger partial charge in [0.15, 0.2) is 0 Å². The normalized spacial score (nSPS) is 19.4. The van der Waals surface area contributed by atoms with Gasteiger partial charge in [-0.1, -0.05) is 15.9 Å². The molecule has 1 fully saturated rings. The van der Waals surface area contributed by atoms with Crippen molar-refractivity contribution in [2.75, 3.05) is 11.4 Å². The minimum atomic E-state index is -0.405. The molecule has 1 atom stereocenters. The van der Waals surface area contributed by atoms with E-state index in [1.165, 1.54) is 0 Å². The number of nitrogens with two attached hydrogens (primary N) is 1. The molecule has 1 aromatic rings. The average molecular weight is 311 g/mol. The molecule has 5 heteroatoms. The molecule has 1 unspecified atom stereocenters. The van der Waals surface area contributed by atoms with E-state index in [0.29, 0.717) is 6.54 Å². The second-order valence-corrected chi connectivity index (χ2v) is 5.48. The smallest absolute Gasteiger partial charge is 0.227 e. The number of carbonyl (C=O) groups is 2. The summed E-state index contributed by atoms with van der Waals surface area (Å²) >= 11 is 3.46. The number of hydrogen-bond donors (Lipinski definition) is 1. The van der Waals surface area contributed by atoms with E-state index < -0.39 is 5.91 Å². The van der Waals surface area contributed by atoms with E-state index >= 15 is 0 Å². The van der Waals surface area contributed by atoms with Crippen LogP contribution in [0.2, 0.25) is 0 Å². The average Bonchev–Trinajstić information content (AvgIpc) is 2.69. The first kappa shape index (κ1) is 13.1. The fourth-order valence-corrected chi connectivity index (χ4v) is 2.63. The summed E-state index contributed by atoms with van der Waals surface area (Å²) in [6, 6.07) is 3.82. The zero-order valence-electron chi connectivity index (χ0n) is 10.4. The summed E-state index contributed by atoms with van der Waals surface area (Å²) in [5, 5.41) is 0. The Hall–Kier alpha value is -1.36. The Bertz CT molecular complexity index is 528. The monoisotopic (exact) mass is 310 g/mol. The van der Waals surface area contributed by atoms with Gasteiger partial charge in [0.1, 0.15) is 0 Å². The van der Waals surface area contributed by atoms with Crippen LogP contribution in [0.25, 0.3) is 0 Å². The van der Waals surface area contributed by atoms with Gasteiger partial charge in [0.2, 0.25) is 11.8 Å². The zero-order valence-corrected chi connectivity index (χ0v) is 12.0. The van der Waals surface area contributed by atoms with Gasteiger partial charge in [-0.2, -0.15) is 0 Å². The fraction of sp³-hybridized carbons (Fsp3) is 0.385. The maximum atomic E-state index is 11.9. The van der Waals surface area contributed by atoms with Gasteiger partial charge in [-0.25, -0.2) is 0 Å². The predicted molar refractivity (Wildman–Crippen MR) is 73.3 cm³/mol. The van der Waals surface area contributed by atoms with Crippen LogP contribution in [0.1, 0.15) is 17.5 Å². The lowest BCUT2D eigenvalue weighted by atomic mass is 10.1. The highest BCUT2D eigenvalue weighted by atomic mass is 79.9. The number of nitrogens with zero attached hydrogens (tertiary/aromatic N) is 1. The van der Waals surface area contributed by atoms with Crippen LogP contribution in [0.3, 0.4) is 0 Å². The molecule has 4 nitrogen and oxygen atoms in total. The maximum Gasteiger partial charge on any atom is 0.227 e. The minimum absolute atomic E-state index is 0.0383. The van der Waals surface area contributed by atoms with Crippen molar-refractivity contribution in [3.63, 3.8) is 0 Å². The second kappa shape index (κ2) is 4.72. The molecule has 1 aliphatic heterocycles. The number of primary amides is 1. The molecule has 2 amide bonds. The summed E-state index contributed by atoms with van der Waals surface area (Å²) in [5.41, 5.74) is 8.28. The van der Waals surface area contributed by atoms with Crippen molar-refractivity contribution in [1.29, 1.82) is 0 Å². The van der Waals surface area contributed by atoms with Crippen LogP contribution in [0.5, 0.6) is 0 Å². The topological polar surface area (TPSA) is 63.4 Å². The molecule has 0 aromatic heterocycles. The molecule has 0 radical (unpaired) electrons. The third kappa shape index (κ3) is 2.14. The number of hydrogen-bond acceptors (Lipinski definition) is 2. The van der Waals surface area contributed by atoms with Crippen molar-refractivity contribution >= 4 is 33.4 Å². The molecule has 0 bridgehead atoms. The van der Waals surface area contributed by atoms with E-state index in [4.69, 9.17) is 5.73 Å². The Kier molecular flexibility index (Phi) is 3.43. The van der Waals surface area contributed by atoms with E-state index in [1.54, 1.807) is 4.90 Å². The number of carbonyl (C=O) groups excluding carboxylic acids is 2. The van der Waals surface area contributed by atoms with Crippen molar-refractivity contribution in [3.8, 4) is 0 Å². The van der Waals surface area contributed by atoms with Crippen molar-refractivity contribution in [3.05, 3.63) is 27.7 Å². The quantitative estimate of drug-likeness (QED) is 0.907. The van der Waals surface area contributed by atoms with Crippen LogP contribution in [-0.2, 0) is 9.59 Å². The summed E-state index contributed by atoms with van der Waals surface area (Å²) in [7, 11) is 0. The maximum absolute atomic E-state index is 11.9. The fourth-order valence-electron chi connectivity index (χ4n) is 2.20. The van der Waals surface area contributed by atoms with Crippen LogP contribution >= 0.6 is 15.9 Å². The van der Waals surface area contributed by atoms with E-state index in [9.17, 15) is 9.59 Å². The van der Waals surface area contributed by atoms with Gasteiger partial charge < -0.3 is 10.6 Å². The van der Waals surface area contributed by atoms with Crippen molar-refractivity contribution < 1.29 is 9.59 Å². The first-order valence-corrected chi connectivity index (χ1v) is 6.56. The lowest BCUT2D eigenvalue weighted by molar-refractivity contribution is -0.123. The lowest BCUT2D eigenvalue weighted by Gasteiger charge is -2.20. The summed E-state index contributed by atoms with van der Waals surface area (Å²) in [6.07, 6.45) is 0.212. The van der Waals surface area contributed by atoms with Gasteiger partial charge in [-0.3, -0.25) is 9.59 Å². The molecular weight excluding hydrogens is 296 g/mol. The molecule has 18 heavy (non-hydrogen) atoms. The number of rotatable bonds is 2. The van der Waals surface area contributed by atoms with Crippen LogP contribution < -0.4 is 10.6 Å². The van der Waals surface area contributed by atoms with Crippen molar-refractivity contribution in [1.82, 2.24) is 0 Å². The molecule has 96 valence electrons. The highest BCUT2D eigenvalue weighted by Crippen LogP contribution is 2.32. The van der Waals surface area contributed by atoms with Crippen LogP contribution in [0.4, 0.5) is 5.69 Å². The number of halogens is 1. The van der Waals surface area contributed by atoms with E-state index in [0.717, 1.165) is 21.3 Å². The third-order valence-corrected chi connectivity index (χ3v) is 4.37. The number of benzene rings is 1. The first-order valence-electron chi connectivity index (χ1n) is 5.77. The van der Waals surface area contributed by atoms with Crippen LogP contribution in [0.15, 0.2) is 16.6 Å². The summed E-state index contributed by atoms with van der Waals surface area (Å²) in [6.45, 7) is 4.35. The molecule has 2 N–H and O–H groups in total. The molecular formula is C13H15BrN2O2. The van der Waals surface area contributed by atoms with Crippen molar-refractivity contribution in [2.24, 2.45) is 11.7 Å². The highest BCUT2D eigenvalue weighted by Gasteiger charge is 2.34. The Balaban J connectivity index is 2.36. The lowest BCUT2D eigenvalue weighted by Crippen LogP contribution is -2.29. The van der Waals surface area contributed by atoms with Crippen molar-refractivity contribution in [2.45, 2.75) is 20.3 Å². The Labute approximate surface area is 114 Å². The predicted octanol–water partition coefficient (Wildman–Crippen LogP) is 1.90. The van der Waals surface area contributed by atoms with Gasteiger partial charge >= 0.3 is 0 Å². The van der Waals surface area contributed by atoms with E-state index in [2.05, 4.69) is 15.9 Å². The van der Waals surface area contributed by atoms with Gasteiger partial charge in [-0.15, -0.1) is 0 Å². The molecule has 1 saturated heterocycles. The third-order valence-electron chi connectivity index (χ3n) is 3.51. The Morgan fingerprint density at radius 2 is 2.06 bits per heavy atom. The second-order valence-electron chi connectivity index (χ2n) is 4.62. The number of amides is 2. The molecule has 1 aliphatic rings. The van der Waals surface area contributed by atoms with Gasteiger partial charge in [-0.05, 0) is 37.1 Å². The van der Waals surface area contributed by atoms with E-state index in [-0.39, 0.29) is 18.2 Å². The standard InChI is InChI=1S/C13H15BrN2O2/c1-7-8(2)11(4-3-10(7)14)16-6-9(13(15)18)5-12(16)17/h3-4,9H,5-6H2,1-2H3,(H2,15,18). The van der Waals surface area contributed by atoms with Gasteiger partial charge in [0, 0.05) is 23.1 Å². The molecule has 1 aromatic carbocycles. The first-order chi connectivity index (χ1) is 8.41. The number of anilines is 1. The zero-order chi connectivity index (χ0) is 13.4. The molecule has 0 saturated carbocycles.